The average Bonchev–Trinajstić information content (AvgIpc) is 1.45. The SMILES string of the molecule is Cn1ccc2ccc(-c3cc(NCc4cnco4)cc4nccnc34)cc21.Cn1ccc2ccc(-c3cc(NCc4cncs4)cc4nccnc34)cc21.Cn1ccc2ccc(-c3cc(NCc4cnoc4)cc4nccnc34)cc21.Cn1ccc2ccc(-c3cc(NCc4cnsc4)cc4nccnc34)cc21. The maximum Gasteiger partial charge on any atom is 0.180 e. The zero-order valence-electron chi connectivity index (χ0n) is 59.0. The summed E-state index contributed by atoms with van der Waals surface area (Å²) in [5, 5.41) is 24.5. The molecule has 0 saturated carbocycles. The quantitative estimate of drug-likeness (QED) is 0.0702. The van der Waals surface area contributed by atoms with E-state index in [9.17, 15) is 0 Å². The molecule has 0 fully saturated rings. The number of aryl methyl sites for hydroxylation is 4. The Morgan fingerprint density at radius 1 is 0.370 bits per heavy atom. The molecule has 0 radical (unpaired) electrons. The van der Waals surface area contributed by atoms with E-state index in [1.54, 1.807) is 79.6 Å². The predicted molar refractivity (Wildman–Crippen MR) is 432 cm³/mol. The van der Waals surface area contributed by atoms with Crippen LogP contribution in [0.2, 0.25) is 0 Å². The van der Waals surface area contributed by atoms with Gasteiger partial charge in [-0.25, -0.2) is 9.36 Å². The summed E-state index contributed by atoms with van der Waals surface area (Å²) in [6, 6.07) is 51.1. The van der Waals surface area contributed by atoms with Crippen LogP contribution in [-0.2, 0) is 54.4 Å². The summed E-state index contributed by atoms with van der Waals surface area (Å²) in [4.78, 5) is 45.7. The van der Waals surface area contributed by atoms with Gasteiger partial charge in [0.25, 0.3) is 0 Å². The van der Waals surface area contributed by atoms with E-state index in [1.165, 1.54) is 72.0 Å². The van der Waals surface area contributed by atoms with Gasteiger partial charge in [-0.3, -0.25) is 44.9 Å². The van der Waals surface area contributed by atoms with Gasteiger partial charge in [-0.15, -0.1) is 11.3 Å². The molecule has 108 heavy (non-hydrogen) atoms. The number of oxazole rings is 1. The van der Waals surface area contributed by atoms with Crippen LogP contribution in [0.3, 0.4) is 0 Å². The number of anilines is 4. The van der Waals surface area contributed by atoms with Crippen molar-refractivity contribution in [2.24, 2.45) is 28.2 Å². The standard InChI is InChI=1S/2C21H17N5O.2C21H17N5S/c1-26-7-4-15-2-3-16(8-20(15)26)18-9-17(24-11-14-12-25-27-13-14)10-19-21(18)23-6-5-22-19;1-26-7-4-14-2-3-15(8-20(14)26)18-9-16(25-12-17-11-22-13-27-17)10-19-21(18)24-6-5-23-19;1-26-7-4-15-2-3-16(8-20(15)26)18-9-17(24-11-14-12-25-27-13-14)10-19-21(18)23-6-5-22-19;1-26-7-4-14-2-3-15(8-20(14)26)18-9-16(25-12-17-11-22-13-27-17)10-19-21(18)24-6-5-23-19/h2-10,12-13,24H,11H2,1H3;2-11,13,25H,12H2,1H3;2-10,12-13,24H,11H2,1H3;2-11,13,25H,12H2,1H3. The molecule has 20 aromatic rings. The molecule has 0 aliphatic rings. The molecule has 12 aromatic heterocycles. The van der Waals surface area contributed by atoms with Crippen molar-refractivity contribution in [1.29, 1.82) is 0 Å². The van der Waals surface area contributed by atoms with Crippen molar-refractivity contribution in [2.45, 2.75) is 26.2 Å². The van der Waals surface area contributed by atoms with Gasteiger partial charge in [0.2, 0.25) is 0 Å². The van der Waals surface area contributed by atoms with Crippen LogP contribution in [0.5, 0.6) is 0 Å². The Labute approximate surface area is 626 Å². The van der Waals surface area contributed by atoms with Crippen LogP contribution in [0.4, 0.5) is 22.7 Å². The number of fused-ring (bicyclic) bond motifs is 8. The first-order chi connectivity index (χ1) is 53.1. The molecule has 22 nitrogen and oxygen atoms in total. The van der Waals surface area contributed by atoms with Gasteiger partial charge >= 0.3 is 0 Å². The first-order valence-corrected chi connectivity index (χ1v) is 36.5. The number of hydrogen-bond acceptors (Lipinski definition) is 20. The number of nitrogens with one attached hydrogen (secondary N) is 4. The minimum absolute atomic E-state index is 0.558. The number of rotatable bonds is 16. The Bertz CT molecular complexity index is 5760. The maximum absolute atomic E-state index is 5.31. The lowest BCUT2D eigenvalue weighted by atomic mass is 10.0. The molecule has 0 saturated heterocycles. The van der Waals surface area contributed by atoms with Crippen LogP contribution in [0.1, 0.15) is 21.8 Å². The summed E-state index contributed by atoms with van der Waals surface area (Å²) in [5.74, 6) is 0.779. The van der Waals surface area contributed by atoms with Crippen molar-refractivity contribution in [3.05, 3.63) is 290 Å². The lowest BCUT2D eigenvalue weighted by Gasteiger charge is -2.11. The second-order valence-corrected chi connectivity index (χ2v) is 27.6. The number of aromatic nitrogens is 16. The fraction of sp³-hybridized carbons (Fsp3) is 0.0952. The highest BCUT2D eigenvalue weighted by atomic mass is 32.1. The number of hydrogen-bond donors (Lipinski definition) is 4. The zero-order chi connectivity index (χ0) is 72.9. The van der Waals surface area contributed by atoms with E-state index in [0.717, 1.165) is 136 Å². The number of nitrogens with zero attached hydrogens (tertiary/aromatic N) is 16. The normalized spacial score (nSPS) is 11.3. The van der Waals surface area contributed by atoms with Gasteiger partial charge in [0, 0.05) is 216 Å². The Hall–Kier alpha value is -13.8. The van der Waals surface area contributed by atoms with Crippen LogP contribution in [0, 0.1) is 0 Å². The average molecular weight is 1450 g/mol. The van der Waals surface area contributed by atoms with Crippen LogP contribution >= 0.6 is 22.9 Å². The van der Waals surface area contributed by atoms with E-state index in [0.29, 0.717) is 13.1 Å². The molecule has 0 bridgehead atoms. The van der Waals surface area contributed by atoms with Crippen molar-refractivity contribution < 1.29 is 8.94 Å². The minimum atomic E-state index is 0.558. The summed E-state index contributed by atoms with van der Waals surface area (Å²) < 4.78 is 22.9. The Kier molecular flexibility index (Phi) is 18.8. The first kappa shape index (κ1) is 67.3. The Balaban J connectivity index is 0.000000105. The summed E-state index contributed by atoms with van der Waals surface area (Å²) in [6.45, 7) is 2.67. The molecule has 0 aliphatic carbocycles. The Morgan fingerprint density at radius 2 is 0.759 bits per heavy atom. The lowest BCUT2D eigenvalue weighted by molar-refractivity contribution is 0.419. The van der Waals surface area contributed by atoms with Gasteiger partial charge < -0.3 is 48.5 Å². The van der Waals surface area contributed by atoms with Crippen molar-refractivity contribution in [3.63, 3.8) is 0 Å². The van der Waals surface area contributed by atoms with Crippen molar-refractivity contribution in [3.8, 4) is 44.5 Å². The third-order valence-electron chi connectivity index (χ3n) is 19.0. The molecule has 0 unspecified atom stereocenters. The van der Waals surface area contributed by atoms with Crippen molar-refractivity contribution >= 4 is 133 Å². The minimum Gasteiger partial charge on any atom is -0.447 e. The van der Waals surface area contributed by atoms with Crippen molar-refractivity contribution in [2.75, 3.05) is 21.3 Å². The zero-order valence-corrected chi connectivity index (χ0v) is 60.7. The molecule has 0 spiro atoms. The number of benzene rings is 8. The maximum atomic E-state index is 5.31. The molecule has 0 atom stereocenters. The third-order valence-corrected chi connectivity index (χ3v) is 20.4. The fourth-order valence-corrected chi connectivity index (χ4v) is 14.5. The molecule has 12 heterocycles. The fourth-order valence-electron chi connectivity index (χ4n) is 13.4. The molecular formula is C84H68N20O2S2. The lowest BCUT2D eigenvalue weighted by Crippen LogP contribution is -1.99. The molecule has 8 aromatic carbocycles. The third kappa shape index (κ3) is 14.5. The predicted octanol–water partition coefficient (Wildman–Crippen LogP) is 18.5. The van der Waals surface area contributed by atoms with Gasteiger partial charge in [-0.1, -0.05) is 53.7 Å². The van der Waals surface area contributed by atoms with Crippen molar-refractivity contribution in [1.82, 2.24) is 77.6 Å². The molecule has 20 rings (SSSR count). The van der Waals surface area contributed by atoms with Crippen LogP contribution in [0.25, 0.3) is 132 Å². The van der Waals surface area contributed by atoms with E-state index in [-0.39, 0.29) is 0 Å². The van der Waals surface area contributed by atoms with E-state index in [4.69, 9.17) is 8.94 Å². The van der Waals surface area contributed by atoms with Crippen LogP contribution in [-0.4, -0.2) is 77.6 Å². The van der Waals surface area contributed by atoms with Crippen LogP contribution in [0.15, 0.2) is 277 Å². The first-order valence-electron chi connectivity index (χ1n) is 34.8. The molecule has 4 N–H and O–H groups in total. The summed E-state index contributed by atoms with van der Waals surface area (Å²) in [7, 11) is 8.24. The molecule has 528 valence electrons. The van der Waals surface area contributed by atoms with Gasteiger partial charge in [0.05, 0.1) is 75.1 Å². The summed E-state index contributed by atoms with van der Waals surface area (Å²) in [6.07, 6.45) is 32.4. The number of thiazole rings is 1. The second-order valence-electron chi connectivity index (χ2n) is 26.0. The van der Waals surface area contributed by atoms with Gasteiger partial charge in [-0.05, 0) is 152 Å². The van der Waals surface area contributed by atoms with E-state index in [1.807, 2.05) is 42.2 Å². The molecular weight excluding hydrogens is 1390 g/mol. The van der Waals surface area contributed by atoms with E-state index < -0.39 is 0 Å². The molecule has 0 amide bonds. The summed E-state index contributed by atoms with van der Waals surface area (Å²) in [5.41, 5.74) is 28.6. The molecule has 24 heteroatoms. The van der Waals surface area contributed by atoms with Gasteiger partial charge in [0.1, 0.15) is 12.0 Å². The van der Waals surface area contributed by atoms with Gasteiger partial charge in [-0.2, -0.15) is 0 Å². The van der Waals surface area contributed by atoms with E-state index >= 15 is 0 Å². The monoisotopic (exact) mass is 1450 g/mol. The second kappa shape index (κ2) is 30.1. The smallest absolute Gasteiger partial charge is 0.180 e. The van der Waals surface area contributed by atoms with Gasteiger partial charge in [0.15, 0.2) is 6.39 Å². The molecule has 0 aliphatic heterocycles. The van der Waals surface area contributed by atoms with Crippen LogP contribution < -0.4 is 21.3 Å². The largest absolute Gasteiger partial charge is 0.447 e. The highest BCUT2D eigenvalue weighted by Gasteiger charge is 2.17. The highest BCUT2D eigenvalue weighted by Crippen LogP contribution is 2.38. The van der Waals surface area contributed by atoms with E-state index in [2.05, 4.69) is 279 Å². The summed E-state index contributed by atoms with van der Waals surface area (Å²) >= 11 is 3.11. The highest BCUT2D eigenvalue weighted by molar-refractivity contribution is 7.09. The Morgan fingerprint density at radius 3 is 1.11 bits per heavy atom. The topological polar surface area (TPSA) is 249 Å².